The van der Waals surface area contributed by atoms with Crippen molar-refractivity contribution in [1.82, 2.24) is 20.4 Å². The standard InChI is InChI=1S/C20H37N5O.HI/c1-21-20(23-18-9-3-2-4-10-18)22-11-12-24-13-15-25(16-14-24)19(26)17-7-5-6-8-17;/h17-18H,2-16H2,1H3,(H2,21,22,23);1H. The van der Waals surface area contributed by atoms with Gasteiger partial charge < -0.3 is 15.5 Å². The van der Waals surface area contributed by atoms with E-state index in [0.29, 0.717) is 17.9 Å². The van der Waals surface area contributed by atoms with Crippen LogP contribution in [0, 0.1) is 5.92 Å². The number of piperazine rings is 1. The van der Waals surface area contributed by atoms with E-state index in [1.807, 2.05) is 7.05 Å². The Kier molecular flexibility index (Phi) is 10.2. The second kappa shape index (κ2) is 12.1. The molecule has 0 spiro atoms. The van der Waals surface area contributed by atoms with Crippen LogP contribution in [0.25, 0.3) is 0 Å². The lowest BCUT2D eigenvalue weighted by atomic mass is 9.96. The zero-order valence-electron chi connectivity index (χ0n) is 16.9. The molecule has 2 N–H and O–H groups in total. The number of guanidine groups is 1. The van der Waals surface area contributed by atoms with Crippen molar-refractivity contribution in [2.45, 2.75) is 63.8 Å². The molecule has 3 fully saturated rings. The van der Waals surface area contributed by atoms with Crippen LogP contribution in [0.2, 0.25) is 0 Å². The van der Waals surface area contributed by atoms with Crippen molar-refractivity contribution in [1.29, 1.82) is 0 Å². The van der Waals surface area contributed by atoms with Crippen LogP contribution >= 0.6 is 24.0 Å². The zero-order valence-corrected chi connectivity index (χ0v) is 19.2. The van der Waals surface area contributed by atoms with E-state index in [1.165, 1.54) is 44.9 Å². The summed E-state index contributed by atoms with van der Waals surface area (Å²) in [6.07, 6.45) is 11.2. The Bertz CT molecular complexity index is 467. The molecule has 3 aliphatic rings. The molecule has 0 radical (unpaired) electrons. The molecule has 1 saturated heterocycles. The molecule has 1 heterocycles. The van der Waals surface area contributed by atoms with Crippen LogP contribution in [0.15, 0.2) is 4.99 Å². The number of hydrogen-bond acceptors (Lipinski definition) is 3. The molecule has 0 aromatic carbocycles. The zero-order chi connectivity index (χ0) is 18.2. The molecule has 1 aliphatic heterocycles. The Morgan fingerprint density at radius 3 is 2.22 bits per heavy atom. The minimum atomic E-state index is 0. The van der Waals surface area contributed by atoms with Gasteiger partial charge in [-0.25, -0.2) is 0 Å². The van der Waals surface area contributed by atoms with Gasteiger partial charge in [-0.05, 0) is 25.7 Å². The van der Waals surface area contributed by atoms with E-state index in [0.717, 1.165) is 58.1 Å². The van der Waals surface area contributed by atoms with Crippen LogP contribution in [0.1, 0.15) is 57.8 Å². The van der Waals surface area contributed by atoms with Crippen molar-refractivity contribution < 1.29 is 4.79 Å². The van der Waals surface area contributed by atoms with E-state index >= 15 is 0 Å². The van der Waals surface area contributed by atoms with Crippen LogP contribution < -0.4 is 10.6 Å². The fourth-order valence-electron chi connectivity index (χ4n) is 4.59. The van der Waals surface area contributed by atoms with Gasteiger partial charge in [0, 0.05) is 58.3 Å². The molecule has 0 aromatic rings. The topological polar surface area (TPSA) is 60.0 Å². The Labute approximate surface area is 181 Å². The lowest BCUT2D eigenvalue weighted by Crippen LogP contribution is -2.52. The monoisotopic (exact) mass is 491 g/mol. The van der Waals surface area contributed by atoms with Gasteiger partial charge in [-0.15, -0.1) is 24.0 Å². The van der Waals surface area contributed by atoms with Crippen molar-refractivity contribution in [2.24, 2.45) is 10.9 Å². The highest BCUT2D eigenvalue weighted by Gasteiger charge is 2.29. The lowest BCUT2D eigenvalue weighted by Gasteiger charge is -2.36. The van der Waals surface area contributed by atoms with Gasteiger partial charge in [0.25, 0.3) is 0 Å². The van der Waals surface area contributed by atoms with Crippen molar-refractivity contribution in [3.8, 4) is 0 Å². The summed E-state index contributed by atoms with van der Waals surface area (Å²) in [6, 6.07) is 0.583. The predicted octanol–water partition coefficient (Wildman–Crippen LogP) is 2.44. The van der Waals surface area contributed by atoms with E-state index in [1.54, 1.807) is 0 Å². The largest absolute Gasteiger partial charge is 0.355 e. The molecule has 0 bridgehead atoms. The number of nitrogens with zero attached hydrogens (tertiary/aromatic N) is 3. The smallest absolute Gasteiger partial charge is 0.225 e. The highest BCUT2D eigenvalue weighted by molar-refractivity contribution is 14.0. The third-order valence-electron chi connectivity index (χ3n) is 6.28. The number of amides is 1. The van der Waals surface area contributed by atoms with E-state index in [4.69, 9.17) is 0 Å². The molecular formula is C20H38IN5O. The van der Waals surface area contributed by atoms with Gasteiger partial charge in [-0.1, -0.05) is 32.1 Å². The first-order valence-corrected chi connectivity index (χ1v) is 10.7. The third kappa shape index (κ3) is 7.07. The van der Waals surface area contributed by atoms with Gasteiger partial charge in [0.15, 0.2) is 5.96 Å². The molecule has 27 heavy (non-hydrogen) atoms. The van der Waals surface area contributed by atoms with E-state index in [9.17, 15) is 4.79 Å². The molecule has 1 amide bonds. The minimum absolute atomic E-state index is 0. The van der Waals surface area contributed by atoms with Crippen LogP contribution in [-0.4, -0.2) is 74.0 Å². The highest BCUT2D eigenvalue weighted by atomic mass is 127. The number of nitrogens with one attached hydrogen (secondary N) is 2. The van der Waals surface area contributed by atoms with Crippen molar-refractivity contribution >= 4 is 35.8 Å². The number of rotatable bonds is 5. The van der Waals surface area contributed by atoms with E-state index in [2.05, 4.69) is 25.4 Å². The van der Waals surface area contributed by atoms with Gasteiger partial charge in [0.05, 0.1) is 0 Å². The molecule has 0 atom stereocenters. The van der Waals surface area contributed by atoms with Gasteiger partial charge in [0.2, 0.25) is 5.91 Å². The molecule has 0 aromatic heterocycles. The predicted molar refractivity (Wildman–Crippen MR) is 122 cm³/mol. The maximum atomic E-state index is 12.5. The Hall–Kier alpha value is -0.570. The second-order valence-electron chi connectivity index (χ2n) is 8.13. The molecule has 3 rings (SSSR count). The number of hydrogen-bond donors (Lipinski definition) is 2. The molecule has 0 unspecified atom stereocenters. The third-order valence-corrected chi connectivity index (χ3v) is 6.28. The van der Waals surface area contributed by atoms with Gasteiger partial charge in [-0.2, -0.15) is 0 Å². The van der Waals surface area contributed by atoms with Crippen molar-refractivity contribution in [3.05, 3.63) is 0 Å². The average molecular weight is 491 g/mol. The normalized spacial score (nSPS) is 23.1. The molecule has 7 heteroatoms. The first-order chi connectivity index (χ1) is 12.8. The van der Waals surface area contributed by atoms with Crippen LogP contribution in [0.3, 0.4) is 0 Å². The highest BCUT2D eigenvalue weighted by Crippen LogP contribution is 2.26. The summed E-state index contributed by atoms with van der Waals surface area (Å²) in [4.78, 5) is 21.4. The van der Waals surface area contributed by atoms with E-state index < -0.39 is 0 Å². The number of carbonyl (C=O) groups excluding carboxylic acids is 1. The Morgan fingerprint density at radius 2 is 1.59 bits per heavy atom. The first kappa shape index (κ1) is 22.7. The van der Waals surface area contributed by atoms with Crippen LogP contribution in [-0.2, 0) is 4.79 Å². The summed E-state index contributed by atoms with van der Waals surface area (Å²) < 4.78 is 0. The van der Waals surface area contributed by atoms with Crippen molar-refractivity contribution in [2.75, 3.05) is 46.3 Å². The first-order valence-electron chi connectivity index (χ1n) is 10.7. The van der Waals surface area contributed by atoms with Gasteiger partial charge >= 0.3 is 0 Å². The lowest BCUT2D eigenvalue weighted by molar-refractivity contribution is -0.137. The SMILES string of the molecule is CN=C(NCCN1CCN(C(=O)C2CCCC2)CC1)NC1CCCCC1.I. The van der Waals surface area contributed by atoms with Gasteiger partial charge in [-0.3, -0.25) is 14.7 Å². The summed E-state index contributed by atoms with van der Waals surface area (Å²) in [6.45, 7) is 5.69. The summed E-state index contributed by atoms with van der Waals surface area (Å²) in [5.74, 6) is 1.67. The number of halogens is 1. The summed E-state index contributed by atoms with van der Waals surface area (Å²) in [5.41, 5.74) is 0. The molecule has 2 aliphatic carbocycles. The van der Waals surface area contributed by atoms with Crippen molar-refractivity contribution in [3.63, 3.8) is 0 Å². The van der Waals surface area contributed by atoms with Gasteiger partial charge in [0.1, 0.15) is 0 Å². The maximum absolute atomic E-state index is 12.5. The Morgan fingerprint density at radius 1 is 0.963 bits per heavy atom. The second-order valence-corrected chi connectivity index (χ2v) is 8.13. The van der Waals surface area contributed by atoms with Crippen LogP contribution in [0.5, 0.6) is 0 Å². The number of carbonyl (C=O) groups is 1. The summed E-state index contributed by atoms with van der Waals surface area (Å²) in [7, 11) is 1.85. The fourth-order valence-corrected chi connectivity index (χ4v) is 4.59. The number of aliphatic imine (C=N–C) groups is 1. The minimum Gasteiger partial charge on any atom is -0.355 e. The fraction of sp³-hybridized carbons (Fsp3) is 0.900. The summed E-state index contributed by atoms with van der Waals surface area (Å²) in [5, 5.41) is 7.02. The molecule has 156 valence electrons. The maximum Gasteiger partial charge on any atom is 0.225 e. The molecular weight excluding hydrogens is 453 g/mol. The Balaban J connectivity index is 0.00000261. The summed E-state index contributed by atoms with van der Waals surface area (Å²) >= 11 is 0. The molecule has 6 nitrogen and oxygen atoms in total. The quantitative estimate of drug-likeness (QED) is 0.353. The molecule has 2 saturated carbocycles. The van der Waals surface area contributed by atoms with Crippen LogP contribution in [0.4, 0.5) is 0 Å². The van der Waals surface area contributed by atoms with E-state index in [-0.39, 0.29) is 24.0 Å². The average Bonchev–Trinajstić information content (AvgIpc) is 3.23.